The molecule has 1 unspecified atom stereocenters. The number of nitrogens with one attached hydrogen (secondary N) is 1. The van der Waals surface area contributed by atoms with Crippen molar-refractivity contribution in [1.29, 1.82) is 0 Å². The van der Waals surface area contributed by atoms with E-state index in [1.165, 1.54) is 0 Å². The van der Waals surface area contributed by atoms with E-state index in [2.05, 4.69) is 26.1 Å². The molecule has 2 rings (SSSR count). The summed E-state index contributed by atoms with van der Waals surface area (Å²) < 4.78 is 5.18. The number of anilines is 1. The van der Waals surface area contributed by atoms with E-state index in [9.17, 15) is 9.90 Å². The molecule has 1 heterocycles. The van der Waals surface area contributed by atoms with Crippen molar-refractivity contribution in [3.8, 4) is 5.75 Å². The van der Waals surface area contributed by atoms with Crippen LogP contribution in [-0.2, 0) is 0 Å². The number of hydrogen-bond donors (Lipinski definition) is 2. The second-order valence-electron chi connectivity index (χ2n) is 5.56. The van der Waals surface area contributed by atoms with Crippen molar-refractivity contribution in [2.75, 3.05) is 12.4 Å². The lowest BCUT2D eigenvalue weighted by Crippen LogP contribution is -2.37. The number of carbonyl (C=O) groups is 1. The lowest BCUT2D eigenvalue weighted by Gasteiger charge is -2.38. The first kappa shape index (κ1) is 12.7. The van der Waals surface area contributed by atoms with Gasteiger partial charge in [0.25, 0.3) is 0 Å². The topological polar surface area (TPSA) is 58.6 Å². The minimum Gasteiger partial charge on any atom is -0.497 e. The van der Waals surface area contributed by atoms with Gasteiger partial charge in [-0.15, -0.1) is 0 Å². The third-order valence-electron chi connectivity index (χ3n) is 3.42. The molecule has 0 amide bonds. The standard InChI is InChI=1S/C14H19NO3/c1-8-7-14(2,3)15-12-10(8)5-9(18-4)6-11(12)13(16)17/h5-6,8,15H,7H2,1-4H3,(H,16,17). The number of methoxy groups -OCH3 is 1. The van der Waals surface area contributed by atoms with Crippen molar-refractivity contribution in [1.82, 2.24) is 0 Å². The molecule has 0 bridgehead atoms. The van der Waals surface area contributed by atoms with E-state index in [0.29, 0.717) is 11.7 Å². The van der Waals surface area contributed by atoms with Crippen molar-refractivity contribution in [2.24, 2.45) is 0 Å². The minimum atomic E-state index is -0.928. The summed E-state index contributed by atoms with van der Waals surface area (Å²) in [6, 6.07) is 3.50. The summed E-state index contributed by atoms with van der Waals surface area (Å²) in [7, 11) is 1.55. The predicted molar refractivity (Wildman–Crippen MR) is 70.7 cm³/mol. The van der Waals surface area contributed by atoms with Gasteiger partial charge in [-0.3, -0.25) is 0 Å². The highest BCUT2D eigenvalue weighted by atomic mass is 16.5. The number of benzene rings is 1. The third-order valence-corrected chi connectivity index (χ3v) is 3.42. The number of fused-ring (bicyclic) bond motifs is 1. The second kappa shape index (κ2) is 4.19. The zero-order valence-corrected chi connectivity index (χ0v) is 11.2. The summed E-state index contributed by atoms with van der Waals surface area (Å²) in [6.07, 6.45) is 0.965. The maximum Gasteiger partial charge on any atom is 0.337 e. The molecule has 98 valence electrons. The van der Waals surface area contributed by atoms with Crippen LogP contribution in [0.3, 0.4) is 0 Å². The van der Waals surface area contributed by atoms with Gasteiger partial charge < -0.3 is 15.2 Å². The van der Waals surface area contributed by atoms with E-state index >= 15 is 0 Å². The van der Waals surface area contributed by atoms with Crippen LogP contribution >= 0.6 is 0 Å². The average molecular weight is 249 g/mol. The molecule has 1 aromatic carbocycles. The highest BCUT2D eigenvalue weighted by Crippen LogP contribution is 2.42. The molecule has 1 aliphatic heterocycles. The molecular formula is C14H19NO3. The van der Waals surface area contributed by atoms with Crippen LogP contribution in [-0.4, -0.2) is 23.7 Å². The lowest BCUT2D eigenvalue weighted by molar-refractivity contribution is 0.0697. The van der Waals surface area contributed by atoms with Gasteiger partial charge in [-0.05, 0) is 43.9 Å². The summed E-state index contributed by atoms with van der Waals surface area (Å²) in [5.41, 5.74) is 1.94. The summed E-state index contributed by atoms with van der Waals surface area (Å²) in [6.45, 7) is 6.29. The molecule has 0 fully saturated rings. The molecule has 0 aromatic heterocycles. The SMILES string of the molecule is COc1cc(C(=O)O)c2c(c1)C(C)CC(C)(C)N2. The number of carboxylic acids is 1. The molecule has 0 saturated carbocycles. The van der Waals surface area contributed by atoms with Crippen LogP contribution in [0.2, 0.25) is 0 Å². The van der Waals surface area contributed by atoms with Crippen molar-refractivity contribution in [3.05, 3.63) is 23.3 Å². The number of carboxylic acid groups (broad SMARTS) is 1. The Labute approximate surface area is 107 Å². The minimum absolute atomic E-state index is 0.0921. The Morgan fingerprint density at radius 3 is 2.72 bits per heavy atom. The Bertz CT molecular complexity index is 494. The van der Waals surface area contributed by atoms with Crippen LogP contribution in [0.4, 0.5) is 5.69 Å². The molecular weight excluding hydrogens is 230 g/mol. The molecule has 18 heavy (non-hydrogen) atoms. The van der Waals surface area contributed by atoms with Crippen LogP contribution in [0.1, 0.15) is 49.0 Å². The van der Waals surface area contributed by atoms with Gasteiger partial charge in [-0.1, -0.05) is 6.92 Å². The smallest absolute Gasteiger partial charge is 0.337 e. The molecule has 0 saturated heterocycles. The quantitative estimate of drug-likeness (QED) is 0.845. The Balaban J connectivity index is 2.62. The van der Waals surface area contributed by atoms with Gasteiger partial charge in [-0.2, -0.15) is 0 Å². The third kappa shape index (κ3) is 2.15. The molecule has 4 nitrogen and oxygen atoms in total. The molecule has 0 radical (unpaired) electrons. The summed E-state index contributed by atoms with van der Waals surface area (Å²) >= 11 is 0. The van der Waals surface area contributed by atoms with Crippen LogP contribution < -0.4 is 10.1 Å². The van der Waals surface area contributed by atoms with E-state index in [-0.39, 0.29) is 11.1 Å². The summed E-state index contributed by atoms with van der Waals surface area (Å²) in [5.74, 6) is -0.0218. The molecule has 1 aliphatic rings. The zero-order valence-electron chi connectivity index (χ0n) is 11.2. The van der Waals surface area contributed by atoms with Crippen LogP contribution in [0.25, 0.3) is 0 Å². The zero-order chi connectivity index (χ0) is 13.5. The first-order valence-electron chi connectivity index (χ1n) is 6.07. The van der Waals surface area contributed by atoms with Crippen molar-refractivity contribution < 1.29 is 14.6 Å². The van der Waals surface area contributed by atoms with Gasteiger partial charge in [0.15, 0.2) is 0 Å². The van der Waals surface area contributed by atoms with E-state index in [1.807, 2.05) is 6.07 Å². The molecule has 1 atom stereocenters. The van der Waals surface area contributed by atoms with Crippen molar-refractivity contribution >= 4 is 11.7 Å². The van der Waals surface area contributed by atoms with Crippen molar-refractivity contribution in [2.45, 2.75) is 38.6 Å². The molecule has 2 N–H and O–H groups in total. The number of rotatable bonds is 2. The number of hydrogen-bond acceptors (Lipinski definition) is 3. The van der Waals surface area contributed by atoms with E-state index in [0.717, 1.165) is 17.7 Å². The van der Waals surface area contributed by atoms with Crippen LogP contribution in [0.5, 0.6) is 5.75 Å². The maximum atomic E-state index is 11.4. The van der Waals surface area contributed by atoms with Crippen molar-refractivity contribution in [3.63, 3.8) is 0 Å². The number of aromatic carboxylic acids is 1. The van der Waals surface area contributed by atoms with Gasteiger partial charge in [0.05, 0.1) is 18.4 Å². The number of ether oxygens (including phenoxy) is 1. The van der Waals surface area contributed by atoms with E-state index in [1.54, 1.807) is 13.2 Å². The van der Waals surface area contributed by atoms with Gasteiger partial charge in [0, 0.05) is 5.54 Å². The fourth-order valence-corrected chi connectivity index (χ4v) is 2.72. The second-order valence-corrected chi connectivity index (χ2v) is 5.56. The van der Waals surface area contributed by atoms with Gasteiger partial charge in [-0.25, -0.2) is 4.79 Å². The Morgan fingerprint density at radius 2 is 2.17 bits per heavy atom. The molecule has 1 aromatic rings. The summed E-state index contributed by atoms with van der Waals surface area (Å²) in [4.78, 5) is 11.4. The fourth-order valence-electron chi connectivity index (χ4n) is 2.72. The molecule has 0 spiro atoms. The largest absolute Gasteiger partial charge is 0.497 e. The average Bonchev–Trinajstić information content (AvgIpc) is 2.26. The Morgan fingerprint density at radius 1 is 1.50 bits per heavy atom. The van der Waals surface area contributed by atoms with Gasteiger partial charge >= 0.3 is 5.97 Å². The maximum absolute atomic E-state index is 11.4. The monoisotopic (exact) mass is 249 g/mol. The van der Waals surface area contributed by atoms with Gasteiger partial charge in [0.1, 0.15) is 5.75 Å². The Hall–Kier alpha value is -1.71. The highest BCUT2D eigenvalue weighted by Gasteiger charge is 2.32. The lowest BCUT2D eigenvalue weighted by atomic mass is 9.81. The Kier molecular flexibility index (Phi) is 2.97. The summed E-state index contributed by atoms with van der Waals surface area (Å²) in [5, 5.41) is 12.7. The van der Waals surface area contributed by atoms with Crippen LogP contribution in [0.15, 0.2) is 12.1 Å². The molecule has 0 aliphatic carbocycles. The van der Waals surface area contributed by atoms with E-state index in [4.69, 9.17) is 4.74 Å². The predicted octanol–water partition coefficient (Wildman–Crippen LogP) is 3.09. The van der Waals surface area contributed by atoms with Crippen LogP contribution in [0, 0.1) is 0 Å². The normalized spacial score (nSPS) is 20.8. The fraction of sp³-hybridized carbons (Fsp3) is 0.500. The first-order chi connectivity index (χ1) is 8.34. The first-order valence-corrected chi connectivity index (χ1v) is 6.07. The molecule has 4 heteroatoms. The van der Waals surface area contributed by atoms with E-state index < -0.39 is 5.97 Å². The van der Waals surface area contributed by atoms with Gasteiger partial charge in [0.2, 0.25) is 0 Å². The highest BCUT2D eigenvalue weighted by molar-refractivity contribution is 5.96.